The van der Waals surface area contributed by atoms with Gasteiger partial charge in [0, 0.05) is 5.56 Å². The second kappa shape index (κ2) is 6.83. The van der Waals surface area contributed by atoms with Crippen molar-refractivity contribution >= 4 is 43.5 Å². The standard InChI is InChI=1S/C15H13Br2ClO2/c1-9-3-4-13(10(5-9)8-18)20-15-7-11(16)14(19-2)6-12(15)17/h3-7H,8H2,1-2H3. The minimum Gasteiger partial charge on any atom is -0.496 e. The molecule has 0 bridgehead atoms. The molecule has 0 aliphatic carbocycles. The van der Waals surface area contributed by atoms with E-state index in [0.717, 1.165) is 31.6 Å². The van der Waals surface area contributed by atoms with Crippen LogP contribution >= 0.6 is 43.5 Å². The van der Waals surface area contributed by atoms with Crippen molar-refractivity contribution < 1.29 is 9.47 Å². The van der Waals surface area contributed by atoms with Crippen LogP contribution in [0.15, 0.2) is 39.3 Å². The lowest BCUT2D eigenvalue weighted by Crippen LogP contribution is -1.93. The summed E-state index contributed by atoms with van der Waals surface area (Å²) in [7, 11) is 1.62. The Morgan fingerprint density at radius 3 is 2.30 bits per heavy atom. The maximum Gasteiger partial charge on any atom is 0.143 e. The Bertz CT molecular complexity index is 630. The molecule has 2 aromatic rings. The second-order valence-electron chi connectivity index (χ2n) is 4.26. The monoisotopic (exact) mass is 418 g/mol. The van der Waals surface area contributed by atoms with E-state index >= 15 is 0 Å². The molecule has 0 saturated heterocycles. The van der Waals surface area contributed by atoms with Crippen LogP contribution in [0.2, 0.25) is 0 Å². The molecule has 5 heteroatoms. The fraction of sp³-hybridized carbons (Fsp3) is 0.200. The van der Waals surface area contributed by atoms with Gasteiger partial charge in [0.25, 0.3) is 0 Å². The summed E-state index contributed by atoms with van der Waals surface area (Å²) in [6.45, 7) is 2.03. The Balaban J connectivity index is 2.37. The summed E-state index contributed by atoms with van der Waals surface area (Å²) in [5.74, 6) is 2.60. The molecular weight excluding hydrogens is 407 g/mol. The lowest BCUT2D eigenvalue weighted by Gasteiger charge is -2.13. The maximum atomic E-state index is 5.97. The first-order valence-electron chi connectivity index (χ1n) is 5.91. The van der Waals surface area contributed by atoms with Gasteiger partial charge >= 0.3 is 0 Å². The summed E-state index contributed by atoms with van der Waals surface area (Å²) in [5.41, 5.74) is 2.12. The van der Waals surface area contributed by atoms with Crippen LogP contribution < -0.4 is 9.47 Å². The third kappa shape index (κ3) is 3.48. The summed E-state index contributed by atoms with van der Waals surface area (Å²) >= 11 is 12.9. The number of rotatable bonds is 4. The van der Waals surface area contributed by atoms with E-state index in [1.165, 1.54) is 0 Å². The highest BCUT2D eigenvalue weighted by Crippen LogP contribution is 2.39. The van der Waals surface area contributed by atoms with Gasteiger partial charge in [-0.05, 0) is 57.0 Å². The molecule has 0 heterocycles. The van der Waals surface area contributed by atoms with Crippen LogP contribution in [0.3, 0.4) is 0 Å². The minimum atomic E-state index is 0.409. The molecular formula is C15H13Br2ClO2. The van der Waals surface area contributed by atoms with Crippen LogP contribution in [0, 0.1) is 6.92 Å². The Labute approximate surface area is 140 Å². The van der Waals surface area contributed by atoms with Gasteiger partial charge < -0.3 is 9.47 Å². The predicted octanol–water partition coefficient (Wildman–Crippen LogP) is 6.06. The molecule has 20 heavy (non-hydrogen) atoms. The van der Waals surface area contributed by atoms with Gasteiger partial charge in [-0.2, -0.15) is 0 Å². The molecule has 0 aromatic heterocycles. The van der Waals surface area contributed by atoms with Crippen molar-refractivity contribution in [3.63, 3.8) is 0 Å². The van der Waals surface area contributed by atoms with E-state index in [9.17, 15) is 0 Å². The molecule has 0 spiro atoms. The summed E-state index contributed by atoms with van der Waals surface area (Å²) in [5, 5.41) is 0. The molecule has 0 radical (unpaired) electrons. The van der Waals surface area contributed by atoms with E-state index in [-0.39, 0.29) is 0 Å². The Kier molecular flexibility index (Phi) is 5.35. The molecule has 0 aliphatic rings. The molecule has 0 saturated carbocycles. The SMILES string of the molecule is COc1cc(Br)c(Oc2ccc(C)cc2CCl)cc1Br. The van der Waals surface area contributed by atoms with Gasteiger partial charge in [-0.25, -0.2) is 0 Å². The molecule has 2 aromatic carbocycles. The van der Waals surface area contributed by atoms with Crippen LogP contribution in [0.4, 0.5) is 0 Å². The molecule has 0 unspecified atom stereocenters. The fourth-order valence-corrected chi connectivity index (χ4v) is 2.87. The Morgan fingerprint density at radius 1 is 1.00 bits per heavy atom. The first kappa shape index (κ1) is 15.7. The molecule has 2 rings (SSSR count). The number of benzene rings is 2. The lowest BCUT2D eigenvalue weighted by molar-refractivity contribution is 0.409. The molecule has 0 atom stereocenters. The van der Waals surface area contributed by atoms with E-state index < -0.39 is 0 Å². The number of hydrogen-bond acceptors (Lipinski definition) is 2. The molecule has 0 amide bonds. The van der Waals surface area contributed by atoms with Crippen LogP contribution in [0.25, 0.3) is 0 Å². The van der Waals surface area contributed by atoms with Crippen LogP contribution in [0.5, 0.6) is 17.2 Å². The summed E-state index contributed by atoms with van der Waals surface area (Å²) in [4.78, 5) is 0. The van der Waals surface area contributed by atoms with E-state index in [0.29, 0.717) is 11.6 Å². The zero-order valence-electron chi connectivity index (χ0n) is 11.0. The summed E-state index contributed by atoms with van der Waals surface area (Å²) in [6, 6.07) is 9.67. The van der Waals surface area contributed by atoms with Gasteiger partial charge in [-0.1, -0.05) is 17.7 Å². The smallest absolute Gasteiger partial charge is 0.143 e. The van der Waals surface area contributed by atoms with Crippen LogP contribution in [-0.4, -0.2) is 7.11 Å². The molecule has 0 aliphatic heterocycles. The predicted molar refractivity (Wildman–Crippen MR) is 89.2 cm³/mol. The second-order valence-corrected chi connectivity index (χ2v) is 6.24. The van der Waals surface area contributed by atoms with Crippen molar-refractivity contribution in [2.45, 2.75) is 12.8 Å². The average Bonchev–Trinajstić information content (AvgIpc) is 2.44. The number of halogens is 3. The fourth-order valence-electron chi connectivity index (χ4n) is 1.78. The van der Waals surface area contributed by atoms with E-state index in [1.54, 1.807) is 7.11 Å². The van der Waals surface area contributed by atoms with Crippen molar-refractivity contribution in [3.05, 3.63) is 50.4 Å². The zero-order valence-corrected chi connectivity index (χ0v) is 15.0. The Morgan fingerprint density at radius 2 is 1.65 bits per heavy atom. The largest absolute Gasteiger partial charge is 0.496 e. The first-order chi connectivity index (χ1) is 9.55. The van der Waals surface area contributed by atoms with Crippen LogP contribution in [-0.2, 0) is 5.88 Å². The highest BCUT2D eigenvalue weighted by atomic mass is 79.9. The van der Waals surface area contributed by atoms with E-state index in [4.69, 9.17) is 21.1 Å². The van der Waals surface area contributed by atoms with Crippen molar-refractivity contribution in [2.24, 2.45) is 0 Å². The zero-order chi connectivity index (χ0) is 14.7. The molecule has 0 N–H and O–H groups in total. The van der Waals surface area contributed by atoms with Crippen molar-refractivity contribution in [1.82, 2.24) is 0 Å². The van der Waals surface area contributed by atoms with Gasteiger partial charge in [-0.3, -0.25) is 0 Å². The van der Waals surface area contributed by atoms with Gasteiger partial charge in [0.15, 0.2) is 0 Å². The quantitative estimate of drug-likeness (QED) is 0.560. The summed E-state index contributed by atoms with van der Waals surface area (Å²) in [6.07, 6.45) is 0. The van der Waals surface area contributed by atoms with Gasteiger partial charge in [0.05, 0.1) is 21.9 Å². The van der Waals surface area contributed by atoms with Crippen molar-refractivity contribution in [1.29, 1.82) is 0 Å². The number of ether oxygens (including phenoxy) is 2. The van der Waals surface area contributed by atoms with Crippen molar-refractivity contribution in [2.75, 3.05) is 7.11 Å². The van der Waals surface area contributed by atoms with E-state index in [2.05, 4.69) is 31.9 Å². The van der Waals surface area contributed by atoms with Gasteiger partial charge in [-0.15, -0.1) is 11.6 Å². The maximum absolute atomic E-state index is 5.97. The average molecular weight is 421 g/mol. The molecule has 2 nitrogen and oxygen atoms in total. The lowest BCUT2D eigenvalue weighted by atomic mass is 10.1. The third-order valence-electron chi connectivity index (χ3n) is 2.79. The normalized spacial score (nSPS) is 10.4. The van der Waals surface area contributed by atoms with Crippen molar-refractivity contribution in [3.8, 4) is 17.2 Å². The number of alkyl halides is 1. The van der Waals surface area contributed by atoms with Gasteiger partial charge in [0.1, 0.15) is 17.2 Å². The number of hydrogen-bond donors (Lipinski definition) is 0. The van der Waals surface area contributed by atoms with Gasteiger partial charge in [0.2, 0.25) is 0 Å². The van der Waals surface area contributed by atoms with Crippen LogP contribution in [0.1, 0.15) is 11.1 Å². The topological polar surface area (TPSA) is 18.5 Å². The minimum absolute atomic E-state index is 0.409. The third-order valence-corrected chi connectivity index (χ3v) is 4.31. The highest BCUT2D eigenvalue weighted by Gasteiger charge is 2.11. The number of aryl methyl sites for hydroxylation is 1. The van der Waals surface area contributed by atoms with E-state index in [1.807, 2.05) is 37.3 Å². The first-order valence-corrected chi connectivity index (χ1v) is 8.03. The summed E-state index contributed by atoms with van der Waals surface area (Å²) < 4.78 is 12.8. The Hall–Kier alpha value is -0.710. The molecule has 0 fully saturated rings. The number of methoxy groups -OCH3 is 1. The highest BCUT2D eigenvalue weighted by molar-refractivity contribution is 9.11. The molecule has 106 valence electrons.